The van der Waals surface area contributed by atoms with Gasteiger partial charge < -0.3 is 10.2 Å². The number of rotatable bonds is 5. The van der Waals surface area contributed by atoms with E-state index in [0.29, 0.717) is 18.9 Å². The molecular weight excluding hydrogens is 264 g/mol. The fourth-order valence-corrected chi connectivity index (χ4v) is 2.37. The lowest BCUT2D eigenvalue weighted by molar-refractivity contribution is -0.150. The molecule has 0 aromatic rings. The topological polar surface area (TPSA) is 49.4 Å². The van der Waals surface area contributed by atoms with Crippen molar-refractivity contribution in [3.8, 4) is 0 Å². The Morgan fingerprint density at radius 3 is 2.42 bits per heavy atom. The second-order valence-corrected chi connectivity index (χ2v) is 5.98. The standard InChI is InChI=1S/C14H23ClN2O2/c1-9(2)8-11-13(18)16-12(10(3)4)14(19)17(11)7-5-6-15/h5-6,9-12H,7-8H2,1-4H3,(H,16,18)/b6-5+. The Balaban J connectivity index is 2.96. The fraction of sp³-hybridized carbons (Fsp3) is 0.714. The monoisotopic (exact) mass is 286 g/mol. The Morgan fingerprint density at radius 2 is 1.95 bits per heavy atom. The maximum Gasteiger partial charge on any atom is 0.246 e. The maximum atomic E-state index is 12.4. The summed E-state index contributed by atoms with van der Waals surface area (Å²) in [7, 11) is 0. The van der Waals surface area contributed by atoms with Crippen LogP contribution in [0.2, 0.25) is 0 Å². The largest absolute Gasteiger partial charge is 0.342 e. The normalized spacial score (nSPS) is 24.7. The SMILES string of the molecule is CC(C)CC1C(=O)NC(C(C)C)C(=O)N1C/C=C/Cl. The van der Waals surface area contributed by atoms with Gasteiger partial charge in [-0.25, -0.2) is 0 Å². The molecule has 1 aliphatic heterocycles. The highest BCUT2D eigenvalue weighted by Crippen LogP contribution is 2.20. The maximum absolute atomic E-state index is 12.4. The van der Waals surface area contributed by atoms with Gasteiger partial charge in [-0.3, -0.25) is 9.59 Å². The Morgan fingerprint density at radius 1 is 1.32 bits per heavy atom. The summed E-state index contributed by atoms with van der Waals surface area (Å²) in [5.74, 6) is 0.352. The van der Waals surface area contributed by atoms with Crippen LogP contribution in [0.1, 0.15) is 34.1 Å². The van der Waals surface area contributed by atoms with Crippen molar-refractivity contribution in [3.05, 3.63) is 11.6 Å². The molecule has 5 heteroatoms. The van der Waals surface area contributed by atoms with E-state index in [1.165, 1.54) is 5.54 Å². The third kappa shape index (κ3) is 3.96. The van der Waals surface area contributed by atoms with Gasteiger partial charge in [0.25, 0.3) is 0 Å². The number of halogens is 1. The van der Waals surface area contributed by atoms with E-state index in [9.17, 15) is 9.59 Å². The summed E-state index contributed by atoms with van der Waals surface area (Å²) in [6.07, 6.45) is 2.36. The first kappa shape index (κ1) is 16.0. The molecule has 1 saturated heterocycles. The second kappa shape index (κ2) is 6.94. The van der Waals surface area contributed by atoms with Crippen LogP contribution in [0.4, 0.5) is 0 Å². The van der Waals surface area contributed by atoms with E-state index >= 15 is 0 Å². The number of piperazine rings is 1. The summed E-state index contributed by atoms with van der Waals surface area (Å²) in [5, 5.41) is 2.84. The van der Waals surface area contributed by atoms with Gasteiger partial charge in [-0.1, -0.05) is 45.4 Å². The van der Waals surface area contributed by atoms with E-state index in [-0.39, 0.29) is 17.7 Å². The molecule has 1 heterocycles. The van der Waals surface area contributed by atoms with Crippen LogP contribution in [0.15, 0.2) is 11.6 Å². The van der Waals surface area contributed by atoms with Gasteiger partial charge in [0, 0.05) is 12.1 Å². The average molecular weight is 287 g/mol. The molecule has 0 bridgehead atoms. The highest BCUT2D eigenvalue weighted by molar-refractivity contribution is 6.25. The predicted molar refractivity (Wildman–Crippen MR) is 76.7 cm³/mol. The van der Waals surface area contributed by atoms with Gasteiger partial charge >= 0.3 is 0 Å². The molecule has 0 aromatic carbocycles. The number of carbonyl (C=O) groups is 2. The molecule has 1 N–H and O–H groups in total. The van der Waals surface area contributed by atoms with Crippen molar-refractivity contribution in [1.82, 2.24) is 10.2 Å². The van der Waals surface area contributed by atoms with Crippen LogP contribution in [-0.2, 0) is 9.59 Å². The van der Waals surface area contributed by atoms with E-state index in [0.717, 1.165) is 0 Å². The van der Waals surface area contributed by atoms with Crippen LogP contribution in [-0.4, -0.2) is 35.3 Å². The van der Waals surface area contributed by atoms with E-state index in [1.807, 2.05) is 27.7 Å². The molecule has 0 spiro atoms. The molecule has 19 heavy (non-hydrogen) atoms. The predicted octanol–water partition coefficient (Wildman–Crippen LogP) is 2.14. The lowest BCUT2D eigenvalue weighted by Gasteiger charge is -2.40. The third-order valence-corrected chi connectivity index (χ3v) is 3.46. The summed E-state index contributed by atoms with van der Waals surface area (Å²) < 4.78 is 0. The van der Waals surface area contributed by atoms with Gasteiger partial charge in [-0.2, -0.15) is 0 Å². The molecule has 0 radical (unpaired) electrons. The lowest BCUT2D eigenvalue weighted by Crippen LogP contribution is -2.64. The van der Waals surface area contributed by atoms with Crippen LogP contribution in [0.3, 0.4) is 0 Å². The van der Waals surface area contributed by atoms with Crippen molar-refractivity contribution >= 4 is 23.4 Å². The van der Waals surface area contributed by atoms with Crippen molar-refractivity contribution in [2.45, 2.75) is 46.2 Å². The Bertz CT molecular complexity index is 366. The zero-order chi connectivity index (χ0) is 14.6. The zero-order valence-corrected chi connectivity index (χ0v) is 12.8. The summed E-state index contributed by atoms with van der Waals surface area (Å²) in [5.41, 5.74) is 1.39. The van der Waals surface area contributed by atoms with Gasteiger partial charge in [0.1, 0.15) is 12.1 Å². The van der Waals surface area contributed by atoms with Crippen LogP contribution in [0.25, 0.3) is 0 Å². The summed E-state index contributed by atoms with van der Waals surface area (Å²) in [6.45, 7) is 8.34. The van der Waals surface area contributed by atoms with Gasteiger partial charge in [-0.05, 0) is 18.3 Å². The highest BCUT2D eigenvalue weighted by Gasteiger charge is 2.41. The first-order valence-corrected chi connectivity index (χ1v) is 7.18. The minimum atomic E-state index is -0.431. The number of nitrogens with one attached hydrogen (secondary N) is 1. The molecule has 0 aromatic heterocycles. The van der Waals surface area contributed by atoms with E-state index in [2.05, 4.69) is 5.32 Å². The number of nitrogens with zero attached hydrogens (tertiary/aromatic N) is 1. The van der Waals surface area contributed by atoms with Gasteiger partial charge in [0.15, 0.2) is 0 Å². The van der Waals surface area contributed by atoms with Crippen molar-refractivity contribution in [2.75, 3.05) is 6.54 Å². The summed E-state index contributed by atoms with van der Waals surface area (Å²) in [6, 6.07) is -0.824. The fourth-order valence-electron chi connectivity index (χ4n) is 2.29. The molecule has 2 unspecified atom stereocenters. The second-order valence-electron chi connectivity index (χ2n) is 5.73. The minimum Gasteiger partial charge on any atom is -0.342 e. The Kier molecular flexibility index (Phi) is 5.85. The minimum absolute atomic E-state index is 0.0185. The van der Waals surface area contributed by atoms with Crippen molar-refractivity contribution in [1.29, 1.82) is 0 Å². The molecule has 1 aliphatic rings. The van der Waals surface area contributed by atoms with Gasteiger partial charge in [0.2, 0.25) is 11.8 Å². The van der Waals surface area contributed by atoms with Crippen molar-refractivity contribution < 1.29 is 9.59 Å². The molecular formula is C14H23ClN2O2. The van der Waals surface area contributed by atoms with E-state index in [1.54, 1.807) is 11.0 Å². The first-order chi connectivity index (χ1) is 8.88. The van der Waals surface area contributed by atoms with Crippen LogP contribution in [0.5, 0.6) is 0 Å². The number of carbonyl (C=O) groups excluding carboxylic acids is 2. The van der Waals surface area contributed by atoms with E-state index < -0.39 is 12.1 Å². The molecule has 0 saturated carbocycles. The summed E-state index contributed by atoms with van der Waals surface area (Å²) >= 11 is 5.54. The Hall–Kier alpha value is -1.03. The van der Waals surface area contributed by atoms with Crippen molar-refractivity contribution in [3.63, 3.8) is 0 Å². The van der Waals surface area contributed by atoms with E-state index in [4.69, 9.17) is 11.6 Å². The van der Waals surface area contributed by atoms with Crippen LogP contribution < -0.4 is 5.32 Å². The third-order valence-electron chi connectivity index (χ3n) is 3.28. The first-order valence-electron chi connectivity index (χ1n) is 6.74. The molecule has 1 fully saturated rings. The molecule has 0 aliphatic carbocycles. The quantitative estimate of drug-likeness (QED) is 0.842. The van der Waals surface area contributed by atoms with Gasteiger partial charge in [-0.15, -0.1) is 0 Å². The molecule has 108 valence electrons. The lowest BCUT2D eigenvalue weighted by atomic mass is 9.94. The Labute approximate surface area is 120 Å². The average Bonchev–Trinajstić information content (AvgIpc) is 2.32. The smallest absolute Gasteiger partial charge is 0.246 e. The number of hydrogen-bond acceptors (Lipinski definition) is 2. The van der Waals surface area contributed by atoms with Gasteiger partial charge in [0.05, 0.1) is 0 Å². The highest BCUT2D eigenvalue weighted by atomic mass is 35.5. The molecule has 4 nitrogen and oxygen atoms in total. The number of hydrogen-bond donors (Lipinski definition) is 1. The van der Waals surface area contributed by atoms with Crippen molar-refractivity contribution in [2.24, 2.45) is 11.8 Å². The molecule has 2 atom stereocenters. The molecule has 1 rings (SSSR count). The van der Waals surface area contributed by atoms with Crippen LogP contribution in [0, 0.1) is 11.8 Å². The molecule has 2 amide bonds. The zero-order valence-electron chi connectivity index (χ0n) is 12.0. The van der Waals surface area contributed by atoms with Crippen LogP contribution >= 0.6 is 11.6 Å². The summed E-state index contributed by atoms with van der Waals surface area (Å²) in [4.78, 5) is 26.3. The number of amides is 2.